The van der Waals surface area contributed by atoms with Crippen LogP contribution < -0.4 is 9.62 Å². The number of carbonyl (C=O) groups excluding carboxylic acids is 2. The van der Waals surface area contributed by atoms with Crippen LogP contribution in [0.1, 0.15) is 19.4 Å². The van der Waals surface area contributed by atoms with E-state index in [4.69, 9.17) is 34.8 Å². The van der Waals surface area contributed by atoms with Crippen molar-refractivity contribution < 1.29 is 22.4 Å². The van der Waals surface area contributed by atoms with E-state index in [-0.39, 0.29) is 22.3 Å². The summed E-state index contributed by atoms with van der Waals surface area (Å²) < 4.78 is 39.3. The van der Waals surface area contributed by atoms with Crippen molar-refractivity contribution in [2.24, 2.45) is 0 Å². The summed E-state index contributed by atoms with van der Waals surface area (Å²) in [6.07, 6.45) is 0.908. The van der Waals surface area contributed by atoms with E-state index in [0.717, 1.165) is 22.7 Å². The molecule has 12 heteroatoms. The Morgan fingerprint density at radius 1 is 1.09 bits per heavy atom. The predicted octanol–water partition coefficient (Wildman–Crippen LogP) is 4.11. The first-order chi connectivity index (χ1) is 15.3. The lowest BCUT2D eigenvalue weighted by Gasteiger charge is -2.31. The Bertz CT molecular complexity index is 1150. The maximum Gasteiger partial charge on any atom is 0.244 e. The van der Waals surface area contributed by atoms with Crippen molar-refractivity contribution in [1.82, 2.24) is 10.2 Å². The van der Waals surface area contributed by atoms with E-state index < -0.39 is 40.2 Å². The minimum absolute atomic E-state index is 0.00684. The second-order valence-electron chi connectivity index (χ2n) is 7.20. The summed E-state index contributed by atoms with van der Waals surface area (Å²) in [4.78, 5) is 27.0. The van der Waals surface area contributed by atoms with Gasteiger partial charge >= 0.3 is 0 Å². The number of rotatable bonds is 9. The third kappa shape index (κ3) is 7.20. The summed E-state index contributed by atoms with van der Waals surface area (Å²) in [5.74, 6) is -1.83. The van der Waals surface area contributed by atoms with Crippen LogP contribution in [0.4, 0.5) is 10.1 Å². The number of likely N-dealkylation sites (N-methyl/N-ethyl adjacent to an activating group) is 1. The topological polar surface area (TPSA) is 86.8 Å². The van der Waals surface area contributed by atoms with Crippen LogP contribution in [-0.2, 0) is 26.2 Å². The number of hydrogen-bond acceptors (Lipinski definition) is 4. The van der Waals surface area contributed by atoms with Gasteiger partial charge in [0.1, 0.15) is 18.4 Å². The fraction of sp³-hybridized carbons (Fsp3) is 0.333. The van der Waals surface area contributed by atoms with E-state index in [9.17, 15) is 22.4 Å². The van der Waals surface area contributed by atoms with Crippen molar-refractivity contribution in [3.63, 3.8) is 0 Å². The van der Waals surface area contributed by atoms with Gasteiger partial charge in [-0.1, -0.05) is 40.9 Å². The Balaban J connectivity index is 2.43. The summed E-state index contributed by atoms with van der Waals surface area (Å²) in [5, 5.41) is 3.03. The molecule has 7 nitrogen and oxygen atoms in total. The Morgan fingerprint density at radius 3 is 2.30 bits per heavy atom. The number of anilines is 1. The van der Waals surface area contributed by atoms with Crippen molar-refractivity contribution in [1.29, 1.82) is 0 Å². The molecule has 0 spiro atoms. The Labute approximate surface area is 207 Å². The van der Waals surface area contributed by atoms with Crippen molar-refractivity contribution in [3.05, 3.63) is 62.8 Å². The number of nitrogens with zero attached hydrogens (tertiary/aromatic N) is 2. The molecule has 0 saturated carbocycles. The van der Waals surface area contributed by atoms with Gasteiger partial charge in [-0.2, -0.15) is 0 Å². The molecule has 2 aromatic carbocycles. The third-order valence-electron chi connectivity index (χ3n) is 4.74. The molecule has 2 amide bonds. The fourth-order valence-corrected chi connectivity index (χ4v) is 4.48. The highest BCUT2D eigenvalue weighted by atomic mass is 35.5. The van der Waals surface area contributed by atoms with Crippen molar-refractivity contribution in [3.8, 4) is 0 Å². The van der Waals surface area contributed by atoms with E-state index in [1.165, 1.54) is 24.0 Å². The van der Waals surface area contributed by atoms with Gasteiger partial charge in [0.2, 0.25) is 21.8 Å². The molecular formula is C21H23Cl3FN3O4S. The molecule has 1 N–H and O–H groups in total. The first-order valence-electron chi connectivity index (χ1n) is 9.79. The average molecular weight is 539 g/mol. The molecule has 0 radical (unpaired) electrons. The second kappa shape index (κ2) is 11.4. The van der Waals surface area contributed by atoms with Gasteiger partial charge in [-0.15, -0.1) is 0 Å². The van der Waals surface area contributed by atoms with Crippen LogP contribution in [0, 0.1) is 5.82 Å². The van der Waals surface area contributed by atoms with E-state index in [2.05, 4.69) is 5.32 Å². The number of amides is 2. The van der Waals surface area contributed by atoms with Gasteiger partial charge in [-0.3, -0.25) is 13.9 Å². The SMILES string of the molecule is CCNC(=O)C(C)N(Cc1ccc(Cl)cc1Cl)C(=O)CN(c1ccc(F)c(Cl)c1)S(C)(=O)=O. The van der Waals surface area contributed by atoms with Crippen molar-refractivity contribution in [2.75, 3.05) is 23.7 Å². The van der Waals surface area contributed by atoms with E-state index >= 15 is 0 Å². The van der Waals surface area contributed by atoms with Gasteiger partial charge in [0.05, 0.1) is 17.0 Å². The van der Waals surface area contributed by atoms with Gasteiger partial charge in [0.25, 0.3) is 0 Å². The highest BCUT2D eigenvalue weighted by molar-refractivity contribution is 7.92. The quantitative estimate of drug-likeness (QED) is 0.521. The van der Waals surface area contributed by atoms with Gasteiger partial charge in [-0.05, 0) is 49.7 Å². The second-order valence-corrected chi connectivity index (χ2v) is 10.4. The molecular weight excluding hydrogens is 516 g/mol. The van der Waals surface area contributed by atoms with Crippen LogP contribution in [-0.4, -0.2) is 50.5 Å². The molecule has 0 aliphatic rings. The summed E-state index contributed by atoms with van der Waals surface area (Å²) >= 11 is 18.0. The molecule has 180 valence electrons. The standard InChI is InChI=1S/C21H23Cl3FN3O4S/c1-4-26-21(30)13(2)27(11-14-5-6-15(22)9-17(14)23)20(29)12-28(33(3,31)32)16-7-8-19(25)18(24)10-16/h5-10,13H,4,11-12H2,1-3H3,(H,26,30). The lowest BCUT2D eigenvalue weighted by molar-refractivity contribution is -0.139. The molecule has 0 aliphatic carbocycles. The molecule has 0 bridgehead atoms. The van der Waals surface area contributed by atoms with Crippen LogP contribution in [0.15, 0.2) is 36.4 Å². The minimum Gasteiger partial charge on any atom is -0.355 e. The smallest absolute Gasteiger partial charge is 0.244 e. The number of sulfonamides is 1. The Hall–Kier alpha value is -2.07. The van der Waals surface area contributed by atoms with E-state index in [1.807, 2.05) is 0 Å². The zero-order valence-corrected chi connectivity index (χ0v) is 21.2. The maximum atomic E-state index is 13.6. The van der Waals surface area contributed by atoms with Crippen LogP contribution in [0.25, 0.3) is 0 Å². The predicted molar refractivity (Wildman–Crippen MR) is 129 cm³/mol. The van der Waals surface area contributed by atoms with E-state index in [1.54, 1.807) is 19.1 Å². The zero-order valence-electron chi connectivity index (χ0n) is 18.1. The first-order valence-corrected chi connectivity index (χ1v) is 12.8. The molecule has 1 unspecified atom stereocenters. The molecule has 33 heavy (non-hydrogen) atoms. The molecule has 2 aromatic rings. The first kappa shape index (κ1) is 27.2. The number of halogens is 4. The Morgan fingerprint density at radius 2 is 1.76 bits per heavy atom. The average Bonchev–Trinajstić information content (AvgIpc) is 2.72. The van der Waals surface area contributed by atoms with Crippen molar-refractivity contribution >= 4 is 62.3 Å². The highest BCUT2D eigenvalue weighted by Crippen LogP contribution is 2.26. The minimum atomic E-state index is -3.96. The molecule has 0 fully saturated rings. The van der Waals surface area contributed by atoms with Crippen molar-refractivity contribution in [2.45, 2.75) is 26.4 Å². The lowest BCUT2D eigenvalue weighted by Crippen LogP contribution is -2.51. The molecule has 0 saturated heterocycles. The summed E-state index contributed by atoms with van der Waals surface area (Å²) in [5.41, 5.74) is 0.522. The number of benzene rings is 2. The molecule has 0 heterocycles. The van der Waals surface area contributed by atoms with Crippen LogP contribution in [0.5, 0.6) is 0 Å². The monoisotopic (exact) mass is 537 g/mol. The number of carbonyl (C=O) groups is 2. The fourth-order valence-electron chi connectivity index (χ4n) is 2.99. The number of hydrogen-bond donors (Lipinski definition) is 1. The zero-order chi connectivity index (χ0) is 24.9. The molecule has 2 rings (SSSR count). The molecule has 1 atom stereocenters. The normalized spacial score (nSPS) is 12.2. The highest BCUT2D eigenvalue weighted by Gasteiger charge is 2.30. The van der Waals surface area contributed by atoms with Crippen LogP contribution in [0.2, 0.25) is 15.1 Å². The largest absolute Gasteiger partial charge is 0.355 e. The lowest BCUT2D eigenvalue weighted by atomic mass is 10.1. The Kier molecular flexibility index (Phi) is 9.37. The van der Waals surface area contributed by atoms with Gasteiger partial charge in [-0.25, -0.2) is 12.8 Å². The van der Waals surface area contributed by atoms with Gasteiger partial charge < -0.3 is 10.2 Å². The van der Waals surface area contributed by atoms with Crippen LogP contribution >= 0.6 is 34.8 Å². The van der Waals surface area contributed by atoms with Crippen LogP contribution in [0.3, 0.4) is 0 Å². The molecule has 0 aliphatic heterocycles. The summed E-state index contributed by atoms with van der Waals surface area (Å²) in [7, 11) is -3.96. The summed E-state index contributed by atoms with van der Waals surface area (Å²) in [6, 6.07) is 7.07. The number of nitrogens with one attached hydrogen (secondary N) is 1. The maximum absolute atomic E-state index is 13.6. The van der Waals surface area contributed by atoms with Gasteiger partial charge in [0.15, 0.2) is 0 Å². The third-order valence-corrected chi connectivity index (χ3v) is 6.76. The molecule has 0 aromatic heterocycles. The van der Waals surface area contributed by atoms with E-state index in [0.29, 0.717) is 17.1 Å². The summed E-state index contributed by atoms with van der Waals surface area (Å²) in [6.45, 7) is 2.88. The van der Waals surface area contributed by atoms with Gasteiger partial charge in [0, 0.05) is 23.1 Å².